The number of hydrogen-bond donors (Lipinski definition) is 0. The van der Waals surface area contributed by atoms with Gasteiger partial charge in [-0.3, -0.25) is 0 Å². The van der Waals surface area contributed by atoms with E-state index in [4.69, 9.17) is 40.4 Å². The van der Waals surface area contributed by atoms with Crippen molar-refractivity contribution in [2.45, 2.75) is 13.0 Å². The molecule has 0 amide bonds. The average Bonchev–Trinajstić information content (AvgIpc) is 1.91. The molecule has 0 spiro atoms. The van der Waals surface area contributed by atoms with Crippen LogP contribution in [-0.2, 0) is 16.5 Å². The second-order valence-corrected chi connectivity index (χ2v) is 4.51. The quantitative estimate of drug-likeness (QED) is 0.383. The van der Waals surface area contributed by atoms with E-state index >= 15 is 0 Å². The Bertz CT molecular complexity index is 70.3. The molecule has 0 aliphatic carbocycles. The van der Waals surface area contributed by atoms with Crippen LogP contribution in [0.2, 0.25) is 0 Å². The van der Waals surface area contributed by atoms with E-state index in [0.29, 0.717) is 0 Å². The topological polar surface area (TPSA) is 100 Å². The molecule has 1 unspecified atom stereocenters. The van der Waals surface area contributed by atoms with Crippen molar-refractivity contribution in [1.82, 2.24) is 0 Å². The van der Waals surface area contributed by atoms with E-state index in [1.54, 1.807) is 6.92 Å². The van der Waals surface area contributed by atoms with Gasteiger partial charge in [-0.2, -0.15) is 12.6 Å². The first-order valence-corrected chi connectivity index (χ1v) is 7.86. The van der Waals surface area contributed by atoms with E-state index in [2.05, 4.69) is 0 Å². The molecule has 1 atom stereocenters. The molecule has 8 heteroatoms. The fourth-order valence-electron chi connectivity index (χ4n) is 0. The molecular formula is C4H11Cl2N3O2Pt-4. The number of nitrogens with zero attached hydrogens (tertiary/aromatic N) is 1. The van der Waals surface area contributed by atoms with Crippen molar-refractivity contribution in [2.75, 3.05) is 6.54 Å². The predicted octanol–water partition coefficient (Wildman–Crippen LogP) is 3.56. The Morgan fingerprint density at radius 2 is 1.75 bits per heavy atom. The molecule has 0 aromatic rings. The van der Waals surface area contributed by atoms with Gasteiger partial charge in [-0.25, -0.2) is 0 Å². The summed E-state index contributed by atoms with van der Waals surface area (Å²) in [5.74, 6) is 0. The predicted molar refractivity (Wildman–Crippen MR) is 50.3 cm³/mol. The van der Waals surface area contributed by atoms with Gasteiger partial charge in [0.15, 0.2) is 0 Å². The zero-order valence-electron chi connectivity index (χ0n) is 6.62. The van der Waals surface area contributed by atoms with Crippen molar-refractivity contribution in [1.29, 1.82) is 0 Å². The molecule has 82 valence electrons. The molecule has 0 bridgehead atoms. The second-order valence-electron chi connectivity index (χ2n) is 1.22. The van der Waals surface area contributed by atoms with Gasteiger partial charge in [-0.1, -0.05) is 6.92 Å². The summed E-state index contributed by atoms with van der Waals surface area (Å²) in [6.07, 6.45) is 0. The fraction of sp³-hybridized carbons (Fsp3) is 0.750. The zero-order chi connectivity index (χ0) is 9.70. The van der Waals surface area contributed by atoms with Crippen LogP contribution in [0.4, 0.5) is 0 Å². The van der Waals surface area contributed by atoms with Crippen molar-refractivity contribution < 1.29 is 16.5 Å². The summed E-state index contributed by atoms with van der Waals surface area (Å²) < 4.78 is 0. The SMILES string of the molecule is CC([NH-])C[NH-].O=N[O-].[CH3-].[Cl][Pt][Cl]. The van der Waals surface area contributed by atoms with E-state index < -0.39 is 16.5 Å². The van der Waals surface area contributed by atoms with Gasteiger partial charge in [0.05, 0.1) is 0 Å². The summed E-state index contributed by atoms with van der Waals surface area (Å²) in [6, 6.07) is -0.199. The third-order valence-electron chi connectivity index (χ3n) is 0.306. The Hall–Kier alpha value is 0.588. The number of halogens is 2. The minimum atomic E-state index is -0.472. The zero-order valence-corrected chi connectivity index (χ0v) is 10.4. The molecule has 0 saturated carbocycles. The van der Waals surface area contributed by atoms with Gasteiger partial charge in [0.2, 0.25) is 0 Å². The Morgan fingerprint density at radius 3 is 1.75 bits per heavy atom. The van der Waals surface area contributed by atoms with Gasteiger partial charge in [0.1, 0.15) is 0 Å². The first-order valence-electron chi connectivity index (χ1n) is 2.23. The van der Waals surface area contributed by atoms with Gasteiger partial charge in [0, 0.05) is 0 Å². The summed E-state index contributed by atoms with van der Waals surface area (Å²) in [7, 11) is 9.75. The monoisotopic (exact) mass is 398 g/mol. The van der Waals surface area contributed by atoms with Gasteiger partial charge in [-0.05, 0) is 0 Å². The average molecular weight is 399 g/mol. The van der Waals surface area contributed by atoms with Gasteiger partial charge in [-0.15, -0.1) is 5.34 Å². The van der Waals surface area contributed by atoms with Crippen LogP contribution in [0.25, 0.3) is 11.5 Å². The van der Waals surface area contributed by atoms with Crippen molar-refractivity contribution in [3.05, 3.63) is 29.0 Å². The van der Waals surface area contributed by atoms with Gasteiger partial charge in [0.25, 0.3) is 0 Å². The third-order valence-corrected chi connectivity index (χ3v) is 0.306. The van der Waals surface area contributed by atoms with E-state index in [1.807, 2.05) is 0 Å². The minimum absolute atomic E-state index is 0. The molecule has 5 nitrogen and oxygen atoms in total. The van der Waals surface area contributed by atoms with Crippen molar-refractivity contribution in [3.63, 3.8) is 0 Å². The normalized spacial score (nSPS) is 9.08. The van der Waals surface area contributed by atoms with Crippen LogP contribution in [0.1, 0.15) is 6.92 Å². The summed E-state index contributed by atoms with van der Waals surface area (Å²) in [5, 5.41) is 9.00. The molecule has 0 rings (SSSR count). The van der Waals surface area contributed by atoms with E-state index in [9.17, 15) is 0 Å². The molecule has 0 aromatic carbocycles. The Labute approximate surface area is 89.1 Å². The van der Waals surface area contributed by atoms with Crippen LogP contribution < -0.4 is 0 Å². The van der Waals surface area contributed by atoms with Crippen molar-refractivity contribution in [2.24, 2.45) is 5.34 Å². The van der Waals surface area contributed by atoms with Crippen LogP contribution in [0.5, 0.6) is 0 Å². The number of nitrogens with one attached hydrogen (secondary N) is 2. The molecule has 0 radical (unpaired) electrons. The Morgan fingerprint density at radius 1 is 1.67 bits per heavy atom. The number of rotatable bonds is 1. The maximum absolute atomic E-state index is 8.00. The summed E-state index contributed by atoms with van der Waals surface area (Å²) in [4.78, 5) is 8.00. The molecule has 0 aromatic heterocycles. The number of hydrogen-bond acceptors (Lipinski definition) is 3. The molecular weight excluding hydrogens is 388 g/mol. The van der Waals surface area contributed by atoms with Crippen LogP contribution in [0.15, 0.2) is 5.34 Å². The third kappa shape index (κ3) is 145. The molecule has 0 aliphatic rings. The Balaban J connectivity index is -0.0000000406. The van der Waals surface area contributed by atoms with Crippen LogP contribution in [0.3, 0.4) is 0 Å². The molecule has 0 saturated heterocycles. The van der Waals surface area contributed by atoms with Crippen molar-refractivity contribution in [3.8, 4) is 0 Å². The maximum atomic E-state index is 8.00. The first kappa shape index (κ1) is 22.9. The second kappa shape index (κ2) is 29.9. The molecule has 0 heterocycles. The van der Waals surface area contributed by atoms with Gasteiger partial charge >= 0.3 is 35.3 Å². The standard InChI is InChI=1S/C3H8N2.CH3.2ClH.HNO2.Pt/c1-3(5)2-4;;;;2-1-3;/h3-5H,2H2,1H3;1H3;2*1H;(H,2,3);/q-2;-1;;;;+2/p-3. The molecule has 0 fully saturated rings. The van der Waals surface area contributed by atoms with Crippen LogP contribution in [0, 0.1) is 17.5 Å². The summed E-state index contributed by atoms with van der Waals surface area (Å²) in [6.45, 7) is 1.92. The summed E-state index contributed by atoms with van der Waals surface area (Å²) >= 11 is -0.472. The summed E-state index contributed by atoms with van der Waals surface area (Å²) in [5.41, 5.74) is 13.1. The van der Waals surface area contributed by atoms with Crippen LogP contribution in [-0.4, -0.2) is 12.6 Å². The van der Waals surface area contributed by atoms with E-state index in [0.717, 1.165) is 5.34 Å². The van der Waals surface area contributed by atoms with Gasteiger partial charge < -0.3 is 29.0 Å². The van der Waals surface area contributed by atoms with E-state index in [-0.39, 0.29) is 20.0 Å². The molecule has 12 heavy (non-hydrogen) atoms. The van der Waals surface area contributed by atoms with Crippen LogP contribution >= 0.6 is 18.8 Å². The van der Waals surface area contributed by atoms with E-state index in [1.165, 1.54) is 0 Å². The Kier molecular flexibility index (Phi) is 57.2. The van der Waals surface area contributed by atoms with Crippen molar-refractivity contribution >= 4 is 18.8 Å². The fourth-order valence-corrected chi connectivity index (χ4v) is 0. The molecule has 0 aliphatic heterocycles. The molecule has 2 N–H and O–H groups in total. The first-order chi connectivity index (χ1) is 5.10.